The Hall–Kier alpha value is -1.40. The molecule has 1 amide bonds. The van der Waals surface area contributed by atoms with Crippen molar-refractivity contribution in [3.63, 3.8) is 0 Å². The van der Waals surface area contributed by atoms with E-state index in [0.29, 0.717) is 11.5 Å². The summed E-state index contributed by atoms with van der Waals surface area (Å²) in [5.74, 6) is 0.396. The molecule has 0 heterocycles. The number of carbonyl (C=O) groups excluding carboxylic acids is 1. The van der Waals surface area contributed by atoms with Gasteiger partial charge in [-0.1, -0.05) is 0 Å². The predicted octanol–water partition coefficient (Wildman–Crippen LogP) is 0.862. The van der Waals surface area contributed by atoms with Crippen molar-refractivity contribution >= 4 is 15.9 Å². The van der Waals surface area contributed by atoms with Gasteiger partial charge < -0.3 is 5.32 Å². The van der Waals surface area contributed by atoms with Crippen LogP contribution in [-0.4, -0.2) is 20.4 Å². The first-order valence-corrected chi connectivity index (χ1v) is 7.36. The van der Waals surface area contributed by atoms with Crippen molar-refractivity contribution < 1.29 is 13.2 Å². The van der Waals surface area contributed by atoms with Gasteiger partial charge in [0.25, 0.3) is 5.91 Å². The van der Waals surface area contributed by atoms with Crippen LogP contribution in [0.4, 0.5) is 0 Å². The van der Waals surface area contributed by atoms with E-state index in [2.05, 4.69) is 5.32 Å². The van der Waals surface area contributed by atoms with Gasteiger partial charge >= 0.3 is 0 Å². The Labute approximate surface area is 106 Å². The van der Waals surface area contributed by atoms with Crippen LogP contribution in [0.15, 0.2) is 29.2 Å². The summed E-state index contributed by atoms with van der Waals surface area (Å²) < 4.78 is 22.1. The molecule has 1 saturated carbocycles. The summed E-state index contributed by atoms with van der Waals surface area (Å²) in [6.07, 6.45) is 2.32. The van der Waals surface area contributed by atoms with E-state index in [-0.39, 0.29) is 16.8 Å². The van der Waals surface area contributed by atoms with Crippen LogP contribution in [0.3, 0.4) is 0 Å². The summed E-state index contributed by atoms with van der Waals surface area (Å²) in [6, 6.07) is 5.77. The topological polar surface area (TPSA) is 89.3 Å². The molecule has 0 saturated heterocycles. The van der Waals surface area contributed by atoms with E-state index in [9.17, 15) is 13.2 Å². The third-order valence-electron chi connectivity index (χ3n) is 3.13. The number of hydrogen-bond acceptors (Lipinski definition) is 3. The van der Waals surface area contributed by atoms with Crippen LogP contribution in [0.1, 0.15) is 30.1 Å². The Morgan fingerprint density at radius 2 is 1.89 bits per heavy atom. The van der Waals surface area contributed by atoms with E-state index in [0.717, 1.165) is 12.8 Å². The maximum absolute atomic E-state index is 11.9. The van der Waals surface area contributed by atoms with Gasteiger partial charge in [-0.05, 0) is 49.9 Å². The quantitative estimate of drug-likeness (QED) is 0.848. The number of carbonyl (C=O) groups is 1. The van der Waals surface area contributed by atoms with Crippen LogP contribution in [0.5, 0.6) is 0 Å². The lowest BCUT2D eigenvalue weighted by Gasteiger charge is -2.12. The molecule has 3 N–H and O–H groups in total. The average Bonchev–Trinajstić information content (AvgIpc) is 3.11. The summed E-state index contributed by atoms with van der Waals surface area (Å²) in [5, 5.41) is 7.88. The van der Waals surface area contributed by atoms with Gasteiger partial charge in [0, 0.05) is 11.6 Å². The summed E-state index contributed by atoms with van der Waals surface area (Å²) in [5.41, 5.74) is 0.440. The zero-order valence-electron chi connectivity index (χ0n) is 10.1. The number of amides is 1. The molecule has 0 bridgehead atoms. The molecule has 1 unspecified atom stereocenters. The molecule has 5 nitrogen and oxygen atoms in total. The van der Waals surface area contributed by atoms with Crippen molar-refractivity contribution in [2.24, 2.45) is 11.1 Å². The van der Waals surface area contributed by atoms with Crippen molar-refractivity contribution in [1.82, 2.24) is 5.32 Å². The van der Waals surface area contributed by atoms with Crippen molar-refractivity contribution in [3.05, 3.63) is 29.8 Å². The molecule has 1 aliphatic rings. The highest BCUT2D eigenvalue weighted by Crippen LogP contribution is 2.32. The van der Waals surface area contributed by atoms with Crippen molar-refractivity contribution in [2.75, 3.05) is 0 Å². The third kappa shape index (κ3) is 3.08. The summed E-state index contributed by atoms with van der Waals surface area (Å²) >= 11 is 0. The molecular formula is C12H16N2O3S. The van der Waals surface area contributed by atoms with Crippen molar-refractivity contribution in [1.29, 1.82) is 0 Å². The Kier molecular flexibility index (Phi) is 3.41. The van der Waals surface area contributed by atoms with E-state index >= 15 is 0 Å². The van der Waals surface area contributed by atoms with Crippen LogP contribution < -0.4 is 10.5 Å². The number of nitrogens with one attached hydrogen (secondary N) is 1. The Morgan fingerprint density at radius 3 is 2.33 bits per heavy atom. The van der Waals surface area contributed by atoms with Gasteiger partial charge in [-0.15, -0.1) is 0 Å². The van der Waals surface area contributed by atoms with Gasteiger partial charge in [0.1, 0.15) is 0 Å². The Balaban J connectivity index is 2.07. The van der Waals surface area contributed by atoms with Crippen molar-refractivity contribution in [3.8, 4) is 0 Å². The van der Waals surface area contributed by atoms with Crippen LogP contribution in [-0.2, 0) is 10.0 Å². The zero-order chi connectivity index (χ0) is 13.3. The van der Waals surface area contributed by atoms with E-state index < -0.39 is 10.0 Å². The second kappa shape index (κ2) is 4.70. The fourth-order valence-corrected chi connectivity index (χ4v) is 2.32. The molecule has 98 valence electrons. The van der Waals surface area contributed by atoms with Crippen LogP contribution in [0.2, 0.25) is 0 Å². The second-order valence-electron chi connectivity index (χ2n) is 4.67. The molecule has 0 radical (unpaired) electrons. The summed E-state index contributed by atoms with van der Waals surface area (Å²) in [4.78, 5) is 11.9. The minimum absolute atomic E-state index is 0.00860. The number of sulfonamides is 1. The number of primary sulfonamides is 1. The minimum atomic E-state index is -3.70. The fourth-order valence-electron chi connectivity index (χ4n) is 1.80. The molecule has 1 atom stereocenters. The van der Waals surface area contributed by atoms with Crippen LogP contribution in [0.25, 0.3) is 0 Å². The van der Waals surface area contributed by atoms with Crippen molar-refractivity contribution in [2.45, 2.75) is 30.7 Å². The predicted molar refractivity (Wildman–Crippen MR) is 67.5 cm³/mol. The standard InChI is InChI=1S/C12H16N2O3S/c1-8(9-2-3-9)14-12(15)10-4-6-11(7-5-10)18(13,16)17/h4-9H,2-3H2,1H3,(H,14,15)(H2,13,16,17). The maximum Gasteiger partial charge on any atom is 0.251 e. The molecule has 1 aromatic carbocycles. The highest BCUT2D eigenvalue weighted by Gasteiger charge is 2.29. The van der Waals surface area contributed by atoms with E-state index in [4.69, 9.17) is 5.14 Å². The third-order valence-corrected chi connectivity index (χ3v) is 4.06. The fraction of sp³-hybridized carbons (Fsp3) is 0.417. The molecule has 1 aromatic rings. The van der Waals surface area contributed by atoms with Gasteiger partial charge in [0.05, 0.1) is 4.90 Å². The highest BCUT2D eigenvalue weighted by atomic mass is 32.2. The summed E-state index contributed by atoms with van der Waals surface area (Å²) in [7, 11) is -3.70. The molecule has 1 aliphatic carbocycles. The number of nitrogens with two attached hydrogens (primary N) is 1. The normalized spacial score (nSPS) is 17.2. The molecule has 18 heavy (non-hydrogen) atoms. The SMILES string of the molecule is CC(NC(=O)c1ccc(S(N)(=O)=O)cc1)C1CC1. The lowest BCUT2D eigenvalue weighted by molar-refractivity contribution is 0.0935. The average molecular weight is 268 g/mol. The van der Waals surface area contributed by atoms with Gasteiger partial charge in [-0.25, -0.2) is 13.6 Å². The zero-order valence-corrected chi connectivity index (χ0v) is 10.9. The summed E-state index contributed by atoms with van der Waals surface area (Å²) in [6.45, 7) is 1.98. The maximum atomic E-state index is 11.9. The highest BCUT2D eigenvalue weighted by molar-refractivity contribution is 7.89. The largest absolute Gasteiger partial charge is 0.349 e. The lowest BCUT2D eigenvalue weighted by atomic mass is 10.1. The Morgan fingerprint density at radius 1 is 1.33 bits per heavy atom. The smallest absolute Gasteiger partial charge is 0.251 e. The first-order valence-electron chi connectivity index (χ1n) is 5.81. The molecule has 6 heteroatoms. The Bertz CT molecular complexity index is 547. The molecule has 0 spiro atoms. The number of benzene rings is 1. The first-order chi connectivity index (χ1) is 8.38. The monoisotopic (exact) mass is 268 g/mol. The molecule has 0 aromatic heterocycles. The van der Waals surface area contributed by atoms with E-state index in [1.165, 1.54) is 24.3 Å². The van der Waals surface area contributed by atoms with Gasteiger partial charge in [-0.3, -0.25) is 4.79 Å². The molecule has 1 fully saturated rings. The van der Waals surface area contributed by atoms with Crippen LogP contribution in [0, 0.1) is 5.92 Å². The van der Waals surface area contributed by atoms with Gasteiger partial charge in [-0.2, -0.15) is 0 Å². The lowest BCUT2D eigenvalue weighted by Crippen LogP contribution is -2.33. The van der Waals surface area contributed by atoms with Crippen LogP contribution >= 0.6 is 0 Å². The minimum Gasteiger partial charge on any atom is -0.349 e. The molecular weight excluding hydrogens is 252 g/mol. The first kappa shape index (κ1) is 13.0. The number of hydrogen-bond donors (Lipinski definition) is 2. The number of rotatable bonds is 4. The molecule has 2 rings (SSSR count). The van der Waals surface area contributed by atoms with E-state index in [1.807, 2.05) is 6.92 Å². The molecule has 0 aliphatic heterocycles. The van der Waals surface area contributed by atoms with Gasteiger partial charge in [0.15, 0.2) is 0 Å². The van der Waals surface area contributed by atoms with E-state index in [1.54, 1.807) is 0 Å². The second-order valence-corrected chi connectivity index (χ2v) is 6.23. The van der Waals surface area contributed by atoms with Gasteiger partial charge in [0.2, 0.25) is 10.0 Å².